The Morgan fingerprint density at radius 2 is 1.52 bits per heavy atom. The molecule has 6 atom stereocenters. The zero-order valence-corrected chi connectivity index (χ0v) is 36.5. The summed E-state index contributed by atoms with van der Waals surface area (Å²) in [5.41, 5.74) is -0.239. The van der Waals surface area contributed by atoms with Gasteiger partial charge >= 0.3 is 12.2 Å². The van der Waals surface area contributed by atoms with Crippen LogP contribution in [0.15, 0.2) is 55.6 Å². The largest absolute Gasteiger partial charge is 0.445 e. The fraction of sp³-hybridized carbons (Fsp3) is 0.630. The van der Waals surface area contributed by atoms with Gasteiger partial charge in [-0.25, -0.2) is 9.59 Å². The van der Waals surface area contributed by atoms with Gasteiger partial charge < -0.3 is 40.5 Å². The summed E-state index contributed by atoms with van der Waals surface area (Å²) in [6, 6.07) is 5.20. The first-order chi connectivity index (χ1) is 29.0. The van der Waals surface area contributed by atoms with E-state index >= 15 is 0 Å². The second kappa shape index (κ2) is 20.6. The Labute approximate surface area is 360 Å². The van der Waals surface area contributed by atoms with Crippen molar-refractivity contribution in [3.63, 3.8) is 0 Å². The lowest BCUT2D eigenvalue weighted by atomic mass is 9.82. The van der Waals surface area contributed by atoms with Crippen molar-refractivity contribution in [1.82, 2.24) is 31.1 Å². The lowest BCUT2D eigenvalue weighted by molar-refractivity contribution is -0.146. The zero-order chi connectivity index (χ0) is 44.5. The van der Waals surface area contributed by atoms with E-state index < -0.39 is 77.3 Å². The monoisotopic (exact) mass is 846 g/mol. The number of rotatable bonds is 17. The van der Waals surface area contributed by atoms with Gasteiger partial charge in [0.05, 0.1) is 6.04 Å². The molecule has 2 aliphatic heterocycles. The minimum Gasteiger partial charge on any atom is -0.445 e. The molecule has 2 aliphatic carbocycles. The molecule has 6 amide bonds. The summed E-state index contributed by atoms with van der Waals surface area (Å²) in [4.78, 5) is 99.3. The van der Waals surface area contributed by atoms with Gasteiger partial charge in [0.25, 0.3) is 5.91 Å². The topological polar surface area (TPSA) is 193 Å². The molecular weight excluding hydrogens is 781 g/mol. The quantitative estimate of drug-likeness (QED) is 0.126. The molecular formula is C46H66N6O9. The Morgan fingerprint density at radius 1 is 0.869 bits per heavy atom. The van der Waals surface area contributed by atoms with E-state index in [9.17, 15) is 33.6 Å². The third kappa shape index (κ3) is 12.0. The number of alkyl carbamates (subject to hydrolysis) is 1. The van der Waals surface area contributed by atoms with E-state index in [1.807, 2.05) is 30.3 Å². The van der Waals surface area contributed by atoms with Crippen LogP contribution >= 0.6 is 0 Å². The van der Waals surface area contributed by atoms with E-state index in [-0.39, 0.29) is 49.3 Å². The molecule has 4 aliphatic rings. The Kier molecular flexibility index (Phi) is 15.8. The summed E-state index contributed by atoms with van der Waals surface area (Å²) in [6.45, 7) is 17.7. The molecule has 1 aromatic rings. The fourth-order valence-electron chi connectivity index (χ4n) is 9.36. The van der Waals surface area contributed by atoms with Crippen LogP contribution in [-0.4, -0.2) is 107 Å². The molecule has 2 saturated heterocycles. The molecule has 334 valence electrons. The van der Waals surface area contributed by atoms with Crippen LogP contribution in [0.3, 0.4) is 0 Å². The third-order valence-electron chi connectivity index (χ3n) is 12.8. The molecule has 15 nitrogen and oxygen atoms in total. The van der Waals surface area contributed by atoms with Crippen molar-refractivity contribution in [2.45, 2.75) is 129 Å². The highest BCUT2D eigenvalue weighted by molar-refractivity contribution is 6.38. The number of Topliss-reactive ketones (excluding diaryl/α,β-unsaturated/α-hetero) is 1. The van der Waals surface area contributed by atoms with Gasteiger partial charge in [0.2, 0.25) is 23.5 Å². The molecule has 0 bridgehead atoms. The predicted molar refractivity (Wildman–Crippen MR) is 228 cm³/mol. The number of carbonyl (C=O) groups excluding carboxylic acids is 7. The number of nitrogens with zero attached hydrogens (tertiary/aromatic N) is 2. The van der Waals surface area contributed by atoms with E-state index in [0.29, 0.717) is 45.2 Å². The van der Waals surface area contributed by atoms with E-state index in [1.165, 1.54) is 6.08 Å². The minimum atomic E-state index is -1.14. The number of benzene rings is 1. The molecule has 2 saturated carbocycles. The number of nitrogens with one attached hydrogen (secondary N) is 4. The van der Waals surface area contributed by atoms with Crippen molar-refractivity contribution < 1.29 is 43.0 Å². The van der Waals surface area contributed by atoms with Crippen LogP contribution in [0.25, 0.3) is 0 Å². The van der Waals surface area contributed by atoms with Crippen molar-refractivity contribution in [3.8, 4) is 0 Å². The van der Waals surface area contributed by atoms with Crippen LogP contribution in [0.4, 0.5) is 9.59 Å². The van der Waals surface area contributed by atoms with E-state index in [4.69, 9.17) is 9.47 Å². The Morgan fingerprint density at radius 3 is 2.15 bits per heavy atom. The number of hydrogen-bond acceptors (Lipinski definition) is 9. The average molecular weight is 847 g/mol. The molecule has 1 aromatic carbocycles. The van der Waals surface area contributed by atoms with Crippen LogP contribution in [0.5, 0.6) is 0 Å². The molecule has 4 fully saturated rings. The lowest BCUT2D eigenvalue weighted by Crippen LogP contribution is -2.62. The van der Waals surface area contributed by atoms with Crippen LogP contribution in [0.1, 0.15) is 98.0 Å². The van der Waals surface area contributed by atoms with Crippen LogP contribution in [0.2, 0.25) is 0 Å². The summed E-state index contributed by atoms with van der Waals surface area (Å²) < 4.78 is 11.1. The summed E-state index contributed by atoms with van der Waals surface area (Å²) in [7, 11) is 0. The standard InChI is InChI=1S/C46H66N6O9/c1-8-10-21-33(38(53)41(56)47-24-9-2)48-40(55)37-34-32(46(34,6)7)27-52(37)42(57)36(30-19-15-12-16-20-30)49-39(54)35(50-43(58)61-45(3,4)5)31-22-25-51(26-23-31)44(59)60-28-29-17-13-11-14-18-29/h8-9,11,13-14,17-18,30-37H,1-2,10,12,15-16,19-28H2,3-7H3,(H,47,56)(H,48,55)(H,49,54)(H,50,58)/t32-,33?,34-,35+,36-,37-/m0/s1. The number of piperidine rings is 2. The van der Waals surface area contributed by atoms with Gasteiger partial charge in [-0.3, -0.25) is 24.0 Å². The summed E-state index contributed by atoms with van der Waals surface area (Å²) in [5.74, 6) is -3.93. The summed E-state index contributed by atoms with van der Waals surface area (Å²) in [6.07, 6.45) is 7.17. The van der Waals surface area contributed by atoms with E-state index in [2.05, 4.69) is 48.3 Å². The third-order valence-corrected chi connectivity index (χ3v) is 12.8. The molecule has 0 radical (unpaired) electrons. The van der Waals surface area contributed by atoms with Crippen LogP contribution in [-0.2, 0) is 40.1 Å². The molecule has 1 unspecified atom stereocenters. The SMILES string of the molecule is C=CCCC(NC(=O)[C@@H]1[C@@H]2[C@H](CN1C(=O)[C@@H](NC(=O)[C@H](NC(=O)OC(C)(C)C)C1CCN(C(=O)OCc3ccccc3)CC1)C1CCCCC1)C2(C)C)C(=O)C(=O)NCC=C. The number of fused-ring (bicyclic) bond motifs is 1. The van der Waals surface area contributed by atoms with Gasteiger partial charge in [-0.15, -0.1) is 13.2 Å². The second-order valence-electron chi connectivity index (χ2n) is 18.6. The number of allylic oxidation sites excluding steroid dienone is 1. The fourth-order valence-corrected chi connectivity index (χ4v) is 9.36. The van der Waals surface area contributed by atoms with Crippen molar-refractivity contribution in [2.75, 3.05) is 26.2 Å². The highest BCUT2D eigenvalue weighted by Gasteiger charge is 2.70. The first-order valence-electron chi connectivity index (χ1n) is 21.9. The van der Waals surface area contributed by atoms with Gasteiger partial charge in [-0.2, -0.15) is 0 Å². The number of hydrogen-bond donors (Lipinski definition) is 4. The molecule has 2 heterocycles. The van der Waals surface area contributed by atoms with Crippen molar-refractivity contribution >= 4 is 41.6 Å². The lowest BCUT2D eigenvalue weighted by Gasteiger charge is -2.39. The number of carbonyl (C=O) groups is 7. The normalized spacial score (nSPS) is 22.6. The number of likely N-dealkylation sites (tertiary alicyclic amines) is 2. The molecule has 0 aromatic heterocycles. The molecule has 61 heavy (non-hydrogen) atoms. The molecule has 5 rings (SSSR count). The average Bonchev–Trinajstić information content (AvgIpc) is 3.52. The number of amides is 6. The van der Waals surface area contributed by atoms with Gasteiger partial charge in [-0.05, 0) is 93.9 Å². The summed E-state index contributed by atoms with van der Waals surface area (Å²) in [5, 5.41) is 11.2. The minimum absolute atomic E-state index is 0.0132. The number of ether oxygens (including phenoxy) is 2. The molecule has 15 heteroatoms. The van der Waals surface area contributed by atoms with Crippen LogP contribution < -0.4 is 21.3 Å². The number of ketones is 1. The first kappa shape index (κ1) is 46.8. The predicted octanol–water partition coefficient (Wildman–Crippen LogP) is 4.80. The van der Waals surface area contributed by atoms with Crippen LogP contribution in [0, 0.1) is 29.1 Å². The highest BCUT2D eigenvalue weighted by atomic mass is 16.6. The Hall–Kier alpha value is -5.21. The molecule has 0 spiro atoms. The second-order valence-corrected chi connectivity index (χ2v) is 18.6. The zero-order valence-electron chi connectivity index (χ0n) is 36.5. The van der Waals surface area contributed by atoms with Gasteiger partial charge in [-0.1, -0.05) is 75.6 Å². The highest BCUT2D eigenvalue weighted by Crippen LogP contribution is 2.65. The van der Waals surface area contributed by atoms with Gasteiger partial charge in [0.15, 0.2) is 0 Å². The van der Waals surface area contributed by atoms with Gasteiger partial charge in [0.1, 0.15) is 30.3 Å². The maximum Gasteiger partial charge on any atom is 0.410 e. The molecule has 4 N–H and O–H groups in total. The van der Waals surface area contributed by atoms with Crippen molar-refractivity contribution in [1.29, 1.82) is 0 Å². The Balaban J connectivity index is 1.36. The maximum absolute atomic E-state index is 15.0. The first-order valence-corrected chi connectivity index (χ1v) is 21.9. The van der Waals surface area contributed by atoms with Gasteiger partial charge in [0, 0.05) is 26.2 Å². The van der Waals surface area contributed by atoms with E-state index in [1.54, 1.807) is 36.6 Å². The smallest absolute Gasteiger partial charge is 0.410 e. The maximum atomic E-state index is 15.0. The summed E-state index contributed by atoms with van der Waals surface area (Å²) >= 11 is 0. The van der Waals surface area contributed by atoms with Crippen molar-refractivity contribution in [3.05, 3.63) is 61.2 Å². The van der Waals surface area contributed by atoms with E-state index in [0.717, 1.165) is 24.8 Å². The Bertz CT molecular complexity index is 1780. The van der Waals surface area contributed by atoms with Crippen molar-refractivity contribution in [2.24, 2.45) is 29.1 Å².